The van der Waals surface area contributed by atoms with Gasteiger partial charge in [0.2, 0.25) is 5.89 Å². The first-order chi connectivity index (χ1) is 4.83. The van der Waals surface area contributed by atoms with Crippen LogP contribution in [0.4, 0.5) is 0 Å². The second-order valence-corrected chi connectivity index (χ2v) is 2.16. The monoisotopic (exact) mass is 140 g/mol. The van der Waals surface area contributed by atoms with Crippen LogP contribution < -0.4 is 5.32 Å². The zero-order valence-electron chi connectivity index (χ0n) is 6.35. The van der Waals surface area contributed by atoms with Crippen LogP contribution in [0.5, 0.6) is 0 Å². The Kier molecular flexibility index (Phi) is 2.45. The lowest BCUT2D eigenvalue weighted by molar-refractivity contribution is 0.472. The molecular weight excluding hydrogens is 128 g/mol. The zero-order valence-corrected chi connectivity index (χ0v) is 6.35. The summed E-state index contributed by atoms with van der Waals surface area (Å²) >= 11 is 0. The summed E-state index contributed by atoms with van der Waals surface area (Å²) < 4.78 is 5.09. The van der Waals surface area contributed by atoms with Gasteiger partial charge in [0.1, 0.15) is 6.26 Å². The van der Waals surface area contributed by atoms with Crippen LogP contribution in [0.25, 0.3) is 0 Å². The van der Waals surface area contributed by atoms with Gasteiger partial charge >= 0.3 is 0 Å². The minimum atomic E-state index is 0.727. The van der Waals surface area contributed by atoms with Gasteiger partial charge < -0.3 is 9.73 Å². The van der Waals surface area contributed by atoms with E-state index in [1.807, 2.05) is 6.92 Å². The van der Waals surface area contributed by atoms with Crippen LogP contribution >= 0.6 is 0 Å². The number of aryl methyl sites for hydroxylation is 1. The highest BCUT2D eigenvalue weighted by atomic mass is 16.3. The molecule has 1 N–H and O–H groups in total. The van der Waals surface area contributed by atoms with Gasteiger partial charge in [-0.3, -0.25) is 0 Å². The molecule has 10 heavy (non-hydrogen) atoms. The Bertz CT molecular complexity index is 195. The number of nitrogens with zero attached hydrogens (tertiary/aromatic N) is 1. The maximum atomic E-state index is 5.09. The SMILES string of the molecule is CCNCc1nc(C)co1. The molecule has 0 aliphatic carbocycles. The maximum absolute atomic E-state index is 5.09. The van der Waals surface area contributed by atoms with Crippen molar-refractivity contribution in [2.45, 2.75) is 20.4 Å². The summed E-state index contributed by atoms with van der Waals surface area (Å²) in [7, 11) is 0. The lowest BCUT2D eigenvalue weighted by atomic mass is 10.5. The van der Waals surface area contributed by atoms with Crippen molar-refractivity contribution in [2.24, 2.45) is 0 Å². The molecule has 0 aliphatic rings. The van der Waals surface area contributed by atoms with E-state index in [2.05, 4.69) is 17.2 Å². The fourth-order valence-corrected chi connectivity index (χ4v) is 0.716. The Labute approximate surface area is 60.5 Å². The third-order valence-electron chi connectivity index (χ3n) is 1.19. The molecule has 1 aromatic rings. The molecule has 0 bridgehead atoms. The molecule has 1 aromatic heterocycles. The van der Waals surface area contributed by atoms with E-state index in [9.17, 15) is 0 Å². The maximum Gasteiger partial charge on any atom is 0.208 e. The van der Waals surface area contributed by atoms with Crippen LogP contribution in [0.3, 0.4) is 0 Å². The molecule has 3 nitrogen and oxygen atoms in total. The molecule has 3 heteroatoms. The number of aromatic nitrogens is 1. The number of hydrogen-bond acceptors (Lipinski definition) is 3. The van der Waals surface area contributed by atoms with E-state index in [1.54, 1.807) is 6.26 Å². The Morgan fingerprint density at radius 3 is 3.00 bits per heavy atom. The average Bonchev–Trinajstić information content (AvgIpc) is 2.31. The van der Waals surface area contributed by atoms with Crippen LogP contribution in [-0.4, -0.2) is 11.5 Å². The van der Waals surface area contributed by atoms with Crippen molar-refractivity contribution in [3.8, 4) is 0 Å². The van der Waals surface area contributed by atoms with Gasteiger partial charge in [-0.25, -0.2) is 4.98 Å². The summed E-state index contributed by atoms with van der Waals surface area (Å²) in [5.41, 5.74) is 0.938. The Hall–Kier alpha value is -0.830. The molecule has 1 rings (SSSR count). The van der Waals surface area contributed by atoms with Crippen molar-refractivity contribution in [2.75, 3.05) is 6.54 Å². The summed E-state index contributed by atoms with van der Waals surface area (Å²) in [5.74, 6) is 0.763. The minimum absolute atomic E-state index is 0.727. The lowest BCUT2D eigenvalue weighted by Gasteiger charge is -1.93. The first-order valence-electron chi connectivity index (χ1n) is 3.44. The highest BCUT2D eigenvalue weighted by Gasteiger charge is 1.96. The van der Waals surface area contributed by atoms with E-state index < -0.39 is 0 Å². The molecule has 0 atom stereocenters. The molecule has 0 saturated carbocycles. The molecule has 0 fully saturated rings. The van der Waals surface area contributed by atoms with Gasteiger partial charge in [0.15, 0.2) is 0 Å². The van der Waals surface area contributed by atoms with Crippen molar-refractivity contribution >= 4 is 0 Å². The highest BCUT2D eigenvalue weighted by molar-refractivity contribution is 4.92. The molecule has 0 saturated heterocycles. The molecule has 1 heterocycles. The quantitative estimate of drug-likeness (QED) is 0.683. The van der Waals surface area contributed by atoms with Gasteiger partial charge in [-0.05, 0) is 13.5 Å². The van der Waals surface area contributed by atoms with Crippen molar-refractivity contribution < 1.29 is 4.42 Å². The molecule has 0 radical (unpaired) electrons. The van der Waals surface area contributed by atoms with Gasteiger partial charge in [-0.1, -0.05) is 6.92 Å². The first kappa shape index (κ1) is 7.28. The molecule has 0 aliphatic heterocycles. The van der Waals surface area contributed by atoms with Crippen LogP contribution in [0, 0.1) is 6.92 Å². The largest absolute Gasteiger partial charge is 0.447 e. The summed E-state index contributed by atoms with van der Waals surface area (Å²) in [6.07, 6.45) is 1.66. The van der Waals surface area contributed by atoms with E-state index in [0.29, 0.717) is 0 Å². The fraction of sp³-hybridized carbons (Fsp3) is 0.571. The van der Waals surface area contributed by atoms with E-state index in [-0.39, 0.29) is 0 Å². The van der Waals surface area contributed by atoms with Crippen molar-refractivity contribution in [3.05, 3.63) is 17.8 Å². The second kappa shape index (κ2) is 3.37. The summed E-state index contributed by atoms with van der Waals surface area (Å²) in [6.45, 7) is 5.64. The third kappa shape index (κ3) is 1.84. The summed E-state index contributed by atoms with van der Waals surface area (Å²) in [5, 5.41) is 3.12. The normalized spacial score (nSPS) is 10.2. The molecule has 0 aromatic carbocycles. The third-order valence-corrected chi connectivity index (χ3v) is 1.19. The van der Waals surface area contributed by atoms with Gasteiger partial charge in [-0.15, -0.1) is 0 Å². The number of nitrogens with one attached hydrogen (secondary N) is 1. The van der Waals surface area contributed by atoms with Crippen molar-refractivity contribution in [1.82, 2.24) is 10.3 Å². The molecule has 0 amide bonds. The Balaban J connectivity index is 2.42. The predicted octanol–water partition coefficient (Wildman–Crippen LogP) is 1.09. The molecular formula is C7H12N2O. The molecule has 0 unspecified atom stereocenters. The van der Waals surface area contributed by atoms with E-state index in [4.69, 9.17) is 4.42 Å². The van der Waals surface area contributed by atoms with Crippen molar-refractivity contribution in [1.29, 1.82) is 0 Å². The van der Waals surface area contributed by atoms with Crippen LogP contribution in [0.2, 0.25) is 0 Å². The van der Waals surface area contributed by atoms with Gasteiger partial charge in [-0.2, -0.15) is 0 Å². The average molecular weight is 140 g/mol. The number of rotatable bonds is 3. The smallest absolute Gasteiger partial charge is 0.208 e. The van der Waals surface area contributed by atoms with Crippen LogP contribution in [0.15, 0.2) is 10.7 Å². The minimum Gasteiger partial charge on any atom is -0.447 e. The standard InChI is InChI=1S/C7H12N2O/c1-3-8-4-7-9-6(2)5-10-7/h5,8H,3-4H2,1-2H3. The number of hydrogen-bond donors (Lipinski definition) is 1. The summed E-state index contributed by atoms with van der Waals surface area (Å²) in [4.78, 5) is 4.12. The first-order valence-corrected chi connectivity index (χ1v) is 3.44. The van der Waals surface area contributed by atoms with Crippen LogP contribution in [-0.2, 0) is 6.54 Å². The van der Waals surface area contributed by atoms with Gasteiger partial charge in [0, 0.05) is 0 Å². The van der Waals surface area contributed by atoms with Crippen molar-refractivity contribution in [3.63, 3.8) is 0 Å². The lowest BCUT2D eigenvalue weighted by Crippen LogP contribution is -2.11. The fourth-order valence-electron chi connectivity index (χ4n) is 0.716. The second-order valence-electron chi connectivity index (χ2n) is 2.16. The zero-order chi connectivity index (χ0) is 7.40. The van der Waals surface area contributed by atoms with E-state index >= 15 is 0 Å². The topological polar surface area (TPSA) is 38.1 Å². The molecule has 56 valence electrons. The molecule has 0 spiro atoms. The predicted molar refractivity (Wildman–Crippen MR) is 38.6 cm³/mol. The van der Waals surface area contributed by atoms with Gasteiger partial charge in [0.25, 0.3) is 0 Å². The van der Waals surface area contributed by atoms with E-state index in [1.165, 1.54) is 0 Å². The van der Waals surface area contributed by atoms with Gasteiger partial charge in [0.05, 0.1) is 12.2 Å². The van der Waals surface area contributed by atoms with E-state index in [0.717, 1.165) is 24.7 Å². The van der Waals surface area contributed by atoms with Crippen LogP contribution in [0.1, 0.15) is 18.5 Å². The Morgan fingerprint density at radius 2 is 2.50 bits per heavy atom. The highest BCUT2D eigenvalue weighted by Crippen LogP contribution is 1.98. The number of oxazole rings is 1. The Morgan fingerprint density at radius 1 is 1.70 bits per heavy atom. The summed E-state index contributed by atoms with van der Waals surface area (Å²) in [6, 6.07) is 0.